The minimum atomic E-state index is -0.557. The van der Waals surface area contributed by atoms with Gasteiger partial charge in [0.2, 0.25) is 18.0 Å². The highest BCUT2D eigenvalue weighted by Gasteiger charge is 2.37. The number of hydrogen-bond acceptors (Lipinski definition) is 8. The third-order valence-electron chi connectivity index (χ3n) is 12.2. The number of alkyl halides is 1. The van der Waals surface area contributed by atoms with Crippen molar-refractivity contribution in [1.82, 2.24) is 24.3 Å². The van der Waals surface area contributed by atoms with E-state index in [1.54, 1.807) is 17.0 Å². The number of carbonyl (C=O) groups excluding carboxylic acids is 2. The fourth-order valence-electron chi connectivity index (χ4n) is 8.63. The molecule has 13 nitrogen and oxygen atoms in total. The normalized spacial score (nSPS) is 20.8. The van der Waals surface area contributed by atoms with Crippen molar-refractivity contribution < 1.29 is 19.4 Å². The summed E-state index contributed by atoms with van der Waals surface area (Å²) in [6, 6.07) is 20.5. The van der Waals surface area contributed by atoms with Gasteiger partial charge in [-0.2, -0.15) is 0 Å². The lowest BCUT2D eigenvalue weighted by Crippen LogP contribution is -2.51. The fourth-order valence-corrected chi connectivity index (χ4v) is 9.22. The van der Waals surface area contributed by atoms with Crippen molar-refractivity contribution in [2.24, 2.45) is 34.0 Å². The quantitative estimate of drug-likeness (QED) is 0.0413. The SMILES string of the molecule is CC(C)[C@H](N)C(=O)N1CCC[C@H]1/C(N)=N/CC(I)c1ccc2c(c1)cc1n2C(c2cccc(O)c2)Oc2cc(-c3cnc([C@@H]4CCCN4C(=O)[C@@H](N)C(C)C)[nH]3)ccc2-1. The number of likely N-dealkylation sites (tertiary alicyclic amines) is 2. The molecule has 5 heterocycles. The Morgan fingerprint density at radius 2 is 1.68 bits per heavy atom. The van der Waals surface area contributed by atoms with Gasteiger partial charge in [-0.1, -0.05) is 74.6 Å². The van der Waals surface area contributed by atoms with Gasteiger partial charge in [0.1, 0.15) is 23.2 Å². The number of H-pyrrole nitrogens is 1. The summed E-state index contributed by atoms with van der Waals surface area (Å²) in [7, 11) is 0. The molecule has 0 radical (unpaired) electrons. The molecule has 59 heavy (non-hydrogen) atoms. The van der Waals surface area contributed by atoms with E-state index in [-0.39, 0.29) is 45.4 Å². The number of aliphatic imine (C=N–C) groups is 1. The van der Waals surface area contributed by atoms with Crippen LogP contribution in [0.5, 0.6) is 11.5 Å². The van der Waals surface area contributed by atoms with Crippen LogP contribution in [0.3, 0.4) is 0 Å². The van der Waals surface area contributed by atoms with Crippen LogP contribution in [0.4, 0.5) is 0 Å². The number of halogens is 1. The number of fused-ring (bicyclic) bond motifs is 5. The number of ether oxygens (including phenoxy) is 1. The first-order valence-electron chi connectivity index (χ1n) is 20.7. The summed E-state index contributed by atoms with van der Waals surface area (Å²) in [6.45, 7) is 9.62. The van der Waals surface area contributed by atoms with Crippen LogP contribution in [0, 0.1) is 11.8 Å². The molecule has 6 atom stereocenters. The van der Waals surface area contributed by atoms with Gasteiger partial charge in [-0.05, 0) is 85.5 Å². The number of nitrogens with zero attached hydrogens (tertiary/aromatic N) is 5. The van der Waals surface area contributed by atoms with E-state index in [4.69, 9.17) is 31.9 Å². The Labute approximate surface area is 358 Å². The Balaban J connectivity index is 1.08. The number of benzene rings is 3. The minimum absolute atomic E-state index is 0.0320. The maximum absolute atomic E-state index is 13.3. The van der Waals surface area contributed by atoms with E-state index in [1.165, 1.54) is 0 Å². The van der Waals surface area contributed by atoms with Crippen molar-refractivity contribution in [3.05, 3.63) is 89.9 Å². The fraction of sp³-hybridized carbons (Fsp3) is 0.422. The number of nitrogens with one attached hydrogen (secondary N) is 1. The molecule has 310 valence electrons. The maximum atomic E-state index is 13.3. The van der Waals surface area contributed by atoms with E-state index in [0.29, 0.717) is 31.2 Å². The maximum Gasteiger partial charge on any atom is 0.240 e. The summed E-state index contributed by atoms with van der Waals surface area (Å²) >= 11 is 2.42. The molecule has 5 aromatic rings. The molecule has 0 aliphatic carbocycles. The molecule has 0 bridgehead atoms. The van der Waals surface area contributed by atoms with Gasteiger partial charge in [0.05, 0.1) is 57.7 Å². The number of imidazole rings is 1. The van der Waals surface area contributed by atoms with E-state index >= 15 is 0 Å². The lowest BCUT2D eigenvalue weighted by atomic mass is 10.0. The number of nitrogens with two attached hydrogens (primary N) is 3. The summed E-state index contributed by atoms with van der Waals surface area (Å²) in [5.41, 5.74) is 25.6. The number of phenols is 1. The van der Waals surface area contributed by atoms with Crippen LogP contribution in [-0.4, -0.2) is 84.9 Å². The first-order valence-corrected chi connectivity index (χ1v) is 21.9. The molecule has 14 heteroatoms. The molecule has 3 aliphatic heterocycles. The van der Waals surface area contributed by atoms with Gasteiger partial charge in [0.15, 0.2) is 0 Å². The Morgan fingerprint density at radius 1 is 0.949 bits per heavy atom. The largest absolute Gasteiger partial charge is 0.508 e. The number of hydrogen-bond donors (Lipinski definition) is 5. The third-order valence-corrected chi connectivity index (χ3v) is 13.3. The molecular weight excluding hydrogens is 857 g/mol. The highest BCUT2D eigenvalue weighted by molar-refractivity contribution is 14.1. The Hall–Kier alpha value is -4.93. The minimum Gasteiger partial charge on any atom is -0.508 e. The van der Waals surface area contributed by atoms with Crippen molar-refractivity contribution in [3.8, 4) is 34.0 Å². The topological polar surface area (TPSA) is 194 Å². The van der Waals surface area contributed by atoms with Crippen molar-refractivity contribution >= 4 is 51.1 Å². The van der Waals surface area contributed by atoms with Gasteiger partial charge < -0.3 is 46.4 Å². The smallest absolute Gasteiger partial charge is 0.240 e. The van der Waals surface area contributed by atoms with Gasteiger partial charge in [0.25, 0.3) is 0 Å². The van der Waals surface area contributed by atoms with Crippen molar-refractivity contribution in [1.29, 1.82) is 0 Å². The predicted molar refractivity (Wildman–Crippen MR) is 239 cm³/mol. The van der Waals surface area contributed by atoms with Crippen LogP contribution < -0.4 is 21.9 Å². The lowest BCUT2D eigenvalue weighted by molar-refractivity contribution is -0.135. The van der Waals surface area contributed by atoms with E-state index in [2.05, 4.69) is 68.5 Å². The van der Waals surface area contributed by atoms with E-state index in [0.717, 1.165) is 76.1 Å². The number of amidine groups is 1. The number of amides is 2. The lowest BCUT2D eigenvalue weighted by Gasteiger charge is -2.30. The first-order chi connectivity index (χ1) is 28.3. The van der Waals surface area contributed by atoms with Crippen LogP contribution >= 0.6 is 22.6 Å². The number of phenolic OH excluding ortho intramolecular Hbond substituents is 1. The van der Waals surface area contributed by atoms with Gasteiger partial charge in [-0.3, -0.25) is 14.6 Å². The molecule has 2 fully saturated rings. The zero-order valence-electron chi connectivity index (χ0n) is 34.0. The third kappa shape index (κ3) is 7.82. The second-order valence-corrected chi connectivity index (χ2v) is 18.3. The molecule has 8 N–H and O–H groups in total. The number of aromatic amines is 1. The van der Waals surface area contributed by atoms with Gasteiger partial charge >= 0.3 is 0 Å². The average molecular weight is 912 g/mol. The van der Waals surface area contributed by atoms with Crippen LogP contribution in [0.25, 0.3) is 33.4 Å². The van der Waals surface area contributed by atoms with Gasteiger partial charge in [-0.15, -0.1) is 0 Å². The molecule has 2 aromatic heterocycles. The van der Waals surface area contributed by atoms with Crippen molar-refractivity contribution in [3.63, 3.8) is 0 Å². The van der Waals surface area contributed by atoms with Crippen LogP contribution in [-0.2, 0) is 9.59 Å². The summed E-state index contributed by atoms with van der Waals surface area (Å²) in [6.07, 6.45) is 4.64. The molecule has 3 aromatic carbocycles. The van der Waals surface area contributed by atoms with Gasteiger partial charge in [0, 0.05) is 35.2 Å². The Morgan fingerprint density at radius 3 is 2.42 bits per heavy atom. The van der Waals surface area contributed by atoms with Crippen LogP contribution in [0.15, 0.2) is 77.9 Å². The second kappa shape index (κ2) is 16.6. The summed E-state index contributed by atoms with van der Waals surface area (Å²) in [5, 5.41) is 11.6. The molecule has 2 amide bonds. The van der Waals surface area contributed by atoms with Gasteiger partial charge in [-0.25, -0.2) is 4.98 Å². The molecule has 8 rings (SSSR count). The second-order valence-electron chi connectivity index (χ2n) is 16.8. The highest BCUT2D eigenvalue weighted by atomic mass is 127. The summed E-state index contributed by atoms with van der Waals surface area (Å²) in [4.78, 5) is 43.1. The van der Waals surface area contributed by atoms with E-state index in [1.807, 2.05) is 57.0 Å². The average Bonchev–Trinajstić information content (AvgIpc) is 4.07. The predicted octanol–water partition coefficient (Wildman–Crippen LogP) is 6.80. The summed E-state index contributed by atoms with van der Waals surface area (Å²) in [5.74, 6) is 2.07. The number of rotatable bonds is 11. The standard InChI is InChI=1S/C45H54IN9O4/c1-24(2)39(47)43(57)53-16-6-10-35(53)41(49)50-22-32(46)26-13-15-34-29(18-26)20-37-31-14-12-27(21-38(31)59-45(55(34)37)28-8-5-9-30(56)19-28)33-23-51-42(52-33)36-11-7-17-54(36)44(58)40(48)25(3)4/h5,8-9,12-15,18-21,23-25,32,35-36,39-40,45,56H,6-7,10-11,16-17,22,47-48H2,1-4H3,(H2,49,50)(H,51,52)/t32?,35-,36-,39-,40-,45?/m0/s1. The number of aromatic hydroxyl groups is 1. The molecule has 0 spiro atoms. The number of carbonyl (C=O) groups is 2. The molecule has 2 unspecified atom stereocenters. The number of aromatic nitrogens is 3. The van der Waals surface area contributed by atoms with Crippen LogP contribution in [0.1, 0.15) is 86.5 Å². The molecule has 0 saturated carbocycles. The molecular formula is C45H54IN9O4. The molecule has 3 aliphatic rings. The van der Waals surface area contributed by atoms with E-state index < -0.39 is 18.3 Å². The summed E-state index contributed by atoms with van der Waals surface area (Å²) < 4.78 is 9.07. The monoisotopic (exact) mass is 911 g/mol. The van der Waals surface area contributed by atoms with E-state index in [9.17, 15) is 14.7 Å². The van der Waals surface area contributed by atoms with Crippen molar-refractivity contribution in [2.75, 3.05) is 19.6 Å². The molecule has 2 saturated heterocycles. The van der Waals surface area contributed by atoms with Crippen LogP contribution in [0.2, 0.25) is 0 Å². The zero-order valence-corrected chi connectivity index (χ0v) is 36.2. The Kier molecular flexibility index (Phi) is 11.5. The first kappa shape index (κ1) is 40.8. The Bertz CT molecular complexity index is 2410. The highest BCUT2D eigenvalue weighted by Crippen LogP contribution is 2.46. The zero-order chi connectivity index (χ0) is 41.7. The van der Waals surface area contributed by atoms with Crippen molar-refractivity contribution in [2.45, 2.75) is 87.7 Å².